The van der Waals surface area contributed by atoms with Crippen LogP contribution >= 0.6 is 11.8 Å². The van der Waals surface area contributed by atoms with Crippen LogP contribution in [0, 0.1) is 6.92 Å². The SMILES string of the molecule is CCN1CCC(NC(=O)CSc2ccccc2C)CC1. The van der Waals surface area contributed by atoms with E-state index >= 15 is 0 Å². The van der Waals surface area contributed by atoms with E-state index < -0.39 is 0 Å². The molecule has 1 aromatic rings. The average molecular weight is 292 g/mol. The lowest BCUT2D eigenvalue weighted by atomic mass is 10.1. The maximum Gasteiger partial charge on any atom is 0.230 e. The molecule has 1 amide bonds. The number of hydrogen-bond acceptors (Lipinski definition) is 3. The molecule has 3 nitrogen and oxygen atoms in total. The molecule has 0 aliphatic carbocycles. The van der Waals surface area contributed by atoms with Gasteiger partial charge in [-0.2, -0.15) is 0 Å². The molecule has 1 aliphatic heterocycles. The Hall–Kier alpha value is -1.00. The molecule has 0 bridgehead atoms. The van der Waals surface area contributed by atoms with Crippen molar-refractivity contribution in [2.24, 2.45) is 0 Å². The summed E-state index contributed by atoms with van der Waals surface area (Å²) in [6.45, 7) is 7.60. The number of likely N-dealkylation sites (tertiary alicyclic amines) is 1. The van der Waals surface area contributed by atoms with E-state index in [4.69, 9.17) is 0 Å². The second-order valence-electron chi connectivity index (χ2n) is 5.33. The van der Waals surface area contributed by atoms with Crippen molar-refractivity contribution in [3.63, 3.8) is 0 Å². The van der Waals surface area contributed by atoms with Gasteiger partial charge in [0.15, 0.2) is 0 Å². The molecule has 0 radical (unpaired) electrons. The van der Waals surface area contributed by atoms with Gasteiger partial charge in [-0.15, -0.1) is 11.8 Å². The standard InChI is InChI=1S/C16H24N2OS/c1-3-18-10-8-14(9-11-18)17-16(19)12-20-15-7-5-4-6-13(15)2/h4-7,14H,3,8-12H2,1-2H3,(H,17,19). The third kappa shape index (κ3) is 4.53. The van der Waals surface area contributed by atoms with Gasteiger partial charge in [0.2, 0.25) is 5.91 Å². The highest BCUT2D eigenvalue weighted by molar-refractivity contribution is 8.00. The van der Waals surface area contributed by atoms with Gasteiger partial charge in [0.1, 0.15) is 0 Å². The number of piperidine rings is 1. The molecule has 1 saturated heterocycles. The minimum absolute atomic E-state index is 0.160. The lowest BCUT2D eigenvalue weighted by Crippen LogP contribution is -2.45. The van der Waals surface area contributed by atoms with Crippen LogP contribution in [0.25, 0.3) is 0 Å². The Balaban J connectivity index is 1.72. The molecule has 20 heavy (non-hydrogen) atoms. The van der Waals surface area contributed by atoms with Gasteiger partial charge in [0.05, 0.1) is 5.75 Å². The summed E-state index contributed by atoms with van der Waals surface area (Å²) in [6, 6.07) is 8.57. The van der Waals surface area contributed by atoms with Crippen LogP contribution in [0.5, 0.6) is 0 Å². The molecule has 4 heteroatoms. The van der Waals surface area contributed by atoms with Crippen LogP contribution in [0.15, 0.2) is 29.2 Å². The monoisotopic (exact) mass is 292 g/mol. The van der Waals surface area contributed by atoms with Gasteiger partial charge in [-0.1, -0.05) is 25.1 Å². The van der Waals surface area contributed by atoms with Crippen molar-refractivity contribution in [2.75, 3.05) is 25.4 Å². The summed E-state index contributed by atoms with van der Waals surface area (Å²) in [5, 5.41) is 3.17. The Bertz CT molecular complexity index is 442. The van der Waals surface area contributed by atoms with Gasteiger partial charge in [-0.05, 0) is 37.9 Å². The first-order valence-electron chi connectivity index (χ1n) is 7.39. The van der Waals surface area contributed by atoms with E-state index in [-0.39, 0.29) is 5.91 Å². The number of rotatable bonds is 5. The summed E-state index contributed by atoms with van der Waals surface area (Å²) in [7, 11) is 0. The zero-order chi connectivity index (χ0) is 14.4. The van der Waals surface area contributed by atoms with Gasteiger partial charge in [0, 0.05) is 24.0 Å². The van der Waals surface area contributed by atoms with E-state index in [9.17, 15) is 4.79 Å². The van der Waals surface area contributed by atoms with Crippen LogP contribution in [0.1, 0.15) is 25.3 Å². The maximum absolute atomic E-state index is 12.0. The number of carbonyl (C=O) groups is 1. The van der Waals surface area contributed by atoms with E-state index in [0.717, 1.165) is 32.5 Å². The Morgan fingerprint density at radius 2 is 2.05 bits per heavy atom. The predicted molar refractivity (Wildman–Crippen MR) is 85.2 cm³/mol. The number of aryl methyl sites for hydroxylation is 1. The van der Waals surface area contributed by atoms with Gasteiger partial charge in [-0.25, -0.2) is 0 Å². The smallest absolute Gasteiger partial charge is 0.230 e. The Labute approximate surface area is 126 Å². The van der Waals surface area contributed by atoms with Crippen molar-refractivity contribution in [1.29, 1.82) is 0 Å². The summed E-state index contributed by atoms with van der Waals surface area (Å²) in [4.78, 5) is 15.6. The summed E-state index contributed by atoms with van der Waals surface area (Å²) in [6.07, 6.45) is 2.16. The topological polar surface area (TPSA) is 32.3 Å². The van der Waals surface area contributed by atoms with E-state index in [0.29, 0.717) is 11.8 Å². The molecule has 110 valence electrons. The summed E-state index contributed by atoms with van der Waals surface area (Å²) < 4.78 is 0. The largest absolute Gasteiger partial charge is 0.353 e. The Kier molecular flexibility index (Phi) is 5.92. The number of nitrogens with zero attached hydrogens (tertiary/aromatic N) is 1. The third-order valence-electron chi connectivity index (χ3n) is 3.85. The number of nitrogens with one attached hydrogen (secondary N) is 1. The molecule has 0 atom stereocenters. The fraction of sp³-hybridized carbons (Fsp3) is 0.562. The van der Waals surface area contributed by atoms with Crippen molar-refractivity contribution >= 4 is 17.7 Å². The molecule has 0 spiro atoms. The Morgan fingerprint density at radius 1 is 1.35 bits per heavy atom. The molecule has 0 unspecified atom stereocenters. The van der Waals surface area contributed by atoms with Crippen molar-refractivity contribution < 1.29 is 4.79 Å². The third-order valence-corrected chi connectivity index (χ3v) is 5.03. The molecule has 2 rings (SSSR count). The zero-order valence-electron chi connectivity index (χ0n) is 12.4. The normalized spacial score (nSPS) is 17.1. The first-order chi connectivity index (χ1) is 9.69. The van der Waals surface area contributed by atoms with Crippen LogP contribution in [-0.4, -0.2) is 42.2 Å². The molecule has 1 aromatic carbocycles. The minimum atomic E-state index is 0.160. The number of hydrogen-bond donors (Lipinski definition) is 1. The molecular weight excluding hydrogens is 268 g/mol. The first-order valence-corrected chi connectivity index (χ1v) is 8.37. The van der Waals surface area contributed by atoms with Gasteiger partial charge in [0.25, 0.3) is 0 Å². The fourth-order valence-electron chi connectivity index (χ4n) is 2.52. The van der Waals surface area contributed by atoms with Gasteiger partial charge >= 0.3 is 0 Å². The van der Waals surface area contributed by atoms with E-state index in [1.54, 1.807) is 11.8 Å². The second kappa shape index (κ2) is 7.70. The lowest BCUT2D eigenvalue weighted by Gasteiger charge is -2.31. The minimum Gasteiger partial charge on any atom is -0.353 e. The van der Waals surface area contributed by atoms with E-state index in [2.05, 4.69) is 36.2 Å². The number of benzene rings is 1. The highest BCUT2D eigenvalue weighted by Crippen LogP contribution is 2.21. The van der Waals surface area contributed by atoms with Crippen molar-refractivity contribution in [1.82, 2.24) is 10.2 Å². The van der Waals surface area contributed by atoms with Crippen molar-refractivity contribution in [3.05, 3.63) is 29.8 Å². The molecule has 1 aliphatic rings. The van der Waals surface area contributed by atoms with Crippen LogP contribution in [0.2, 0.25) is 0 Å². The number of thioether (sulfide) groups is 1. The highest BCUT2D eigenvalue weighted by Gasteiger charge is 2.19. The summed E-state index contributed by atoms with van der Waals surface area (Å²) in [5.74, 6) is 0.673. The van der Waals surface area contributed by atoms with Crippen molar-refractivity contribution in [3.8, 4) is 0 Å². The van der Waals surface area contributed by atoms with Crippen LogP contribution < -0.4 is 5.32 Å². The quantitative estimate of drug-likeness (QED) is 0.847. The van der Waals surface area contributed by atoms with Crippen LogP contribution in [0.3, 0.4) is 0 Å². The van der Waals surface area contributed by atoms with Crippen LogP contribution in [-0.2, 0) is 4.79 Å². The average Bonchev–Trinajstić information content (AvgIpc) is 2.47. The zero-order valence-corrected chi connectivity index (χ0v) is 13.2. The fourth-order valence-corrected chi connectivity index (χ4v) is 3.36. The Morgan fingerprint density at radius 3 is 2.70 bits per heavy atom. The summed E-state index contributed by atoms with van der Waals surface area (Å²) in [5.41, 5.74) is 1.24. The first kappa shape index (κ1) is 15.4. The number of amides is 1. The van der Waals surface area contributed by atoms with Crippen LogP contribution in [0.4, 0.5) is 0 Å². The maximum atomic E-state index is 12.0. The predicted octanol–water partition coefficient (Wildman–Crippen LogP) is 2.69. The lowest BCUT2D eigenvalue weighted by molar-refractivity contribution is -0.119. The number of carbonyl (C=O) groups excluding carboxylic acids is 1. The van der Waals surface area contributed by atoms with E-state index in [1.165, 1.54) is 10.5 Å². The van der Waals surface area contributed by atoms with Gasteiger partial charge in [-0.3, -0.25) is 4.79 Å². The molecule has 0 saturated carbocycles. The second-order valence-corrected chi connectivity index (χ2v) is 6.35. The molecule has 1 N–H and O–H groups in total. The van der Waals surface area contributed by atoms with Gasteiger partial charge < -0.3 is 10.2 Å². The van der Waals surface area contributed by atoms with Crippen molar-refractivity contribution in [2.45, 2.75) is 37.6 Å². The molecule has 0 aromatic heterocycles. The molecule has 1 fully saturated rings. The van der Waals surface area contributed by atoms with E-state index in [1.807, 2.05) is 12.1 Å². The molecule has 1 heterocycles. The highest BCUT2D eigenvalue weighted by atomic mass is 32.2. The molecular formula is C16H24N2OS. The summed E-state index contributed by atoms with van der Waals surface area (Å²) >= 11 is 1.63.